The predicted octanol–water partition coefficient (Wildman–Crippen LogP) is 3.78. The van der Waals surface area contributed by atoms with Crippen LogP contribution in [0.2, 0.25) is 0 Å². The number of nitrogens with two attached hydrogens (primary N) is 1. The maximum absolute atomic E-state index is 12.4. The van der Waals surface area contributed by atoms with E-state index in [9.17, 15) is 4.79 Å². The molecule has 2 aromatic carbocycles. The molecule has 0 spiro atoms. The van der Waals surface area contributed by atoms with Crippen LogP contribution in [-0.4, -0.2) is 23.2 Å². The predicted molar refractivity (Wildman–Crippen MR) is 108 cm³/mol. The fourth-order valence-electron chi connectivity index (χ4n) is 3.10. The van der Waals surface area contributed by atoms with Crippen molar-refractivity contribution in [1.29, 1.82) is 0 Å². The minimum Gasteiger partial charge on any atom is -0.490 e. The van der Waals surface area contributed by atoms with Crippen molar-refractivity contribution in [3.8, 4) is 22.9 Å². The number of benzene rings is 2. The molecular formula is C21H19N3O4. The standard InChI is InChI=1S/C21H19N3O4/c1-3-26-15-10-9-12(11-16(15)27-4-2)20-23-18-13-7-5-6-8-14(13)28-21(25)17(18)19(22)24-20/h5-11H,3-4H2,1-2H3,(H2,22,23,24). The molecule has 0 aliphatic heterocycles. The molecular weight excluding hydrogens is 358 g/mol. The maximum Gasteiger partial charge on any atom is 0.349 e. The van der Waals surface area contributed by atoms with Crippen LogP contribution in [-0.2, 0) is 0 Å². The number of hydrogen-bond acceptors (Lipinski definition) is 7. The van der Waals surface area contributed by atoms with Crippen LogP contribution in [0.4, 0.5) is 5.82 Å². The van der Waals surface area contributed by atoms with Crippen molar-refractivity contribution in [3.63, 3.8) is 0 Å². The minimum absolute atomic E-state index is 0.0753. The number of anilines is 1. The van der Waals surface area contributed by atoms with Gasteiger partial charge in [0.15, 0.2) is 17.3 Å². The smallest absolute Gasteiger partial charge is 0.349 e. The number of aromatic nitrogens is 2. The van der Waals surface area contributed by atoms with Gasteiger partial charge in [-0.3, -0.25) is 0 Å². The van der Waals surface area contributed by atoms with E-state index in [1.807, 2.05) is 44.2 Å². The molecule has 0 fully saturated rings. The average molecular weight is 377 g/mol. The SMILES string of the molecule is CCOc1ccc(-c2nc(N)c3c(=O)oc4ccccc4c3n2)cc1OCC. The zero-order chi connectivity index (χ0) is 19.7. The summed E-state index contributed by atoms with van der Waals surface area (Å²) in [5.41, 5.74) is 7.15. The van der Waals surface area contributed by atoms with E-state index in [-0.39, 0.29) is 11.2 Å². The van der Waals surface area contributed by atoms with E-state index < -0.39 is 5.63 Å². The zero-order valence-corrected chi connectivity index (χ0v) is 15.6. The van der Waals surface area contributed by atoms with E-state index in [0.717, 1.165) is 0 Å². The lowest BCUT2D eigenvalue weighted by Gasteiger charge is -2.12. The van der Waals surface area contributed by atoms with Crippen LogP contribution in [0.3, 0.4) is 0 Å². The fourth-order valence-corrected chi connectivity index (χ4v) is 3.10. The van der Waals surface area contributed by atoms with E-state index in [4.69, 9.17) is 19.6 Å². The molecule has 142 valence electrons. The molecule has 0 amide bonds. The Hall–Kier alpha value is -3.61. The average Bonchev–Trinajstić information content (AvgIpc) is 2.69. The molecule has 2 heterocycles. The van der Waals surface area contributed by atoms with Crippen LogP contribution < -0.4 is 20.8 Å². The quantitative estimate of drug-likeness (QED) is 0.417. The van der Waals surface area contributed by atoms with Crippen molar-refractivity contribution in [2.75, 3.05) is 18.9 Å². The third-order valence-electron chi connectivity index (χ3n) is 4.29. The molecule has 2 aromatic heterocycles. The van der Waals surface area contributed by atoms with Crippen molar-refractivity contribution >= 4 is 27.7 Å². The number of nitrogens with zero attached hydrogens (tertiary/aromatic N) is 2. The summed E-state index contributed by atoms with van der Waals surface area (Å²) in [6.45, 7) is 4.84. The third kappa shape index (κ3) is 3.00. The molecule has 0 bridgehead atoms. The molecule has 28 heavy (non-hydrogen) atoms. The topological polar surface area (TPSA) is 100 Å². The highest BCUT2D eigenvalue weighted by atomic mass is 16.5. The van der Waals surface area contributed by atoms with Gasteiger partial charge in [0.25, 0.3) is 0 Å². The number of nitrogen functional groups attached to an aromatic ring is 1. The van der Waals surface area contributed by atoms with Gasteiger partial charge in [0.1, 0.15) is 16.8 Å². The first kappa shape index (κ1) is 17.8. The van der Waals surface area contributed by atoms with E-state index in [1.54, 1.807) is 12.1 Å². The summed E-state index contributed by atoms with van der Waals surface area (Å²) >= 11 is 0. The Bertz CT molecular complexity index is 1230. The Morgan fingerprint density at radius 3 is 2.54 bits per heavy atom. The number of rotatable bonds is 5. The first-order valence-corrected chi connectivity index (χ1v) is 9.01. The number of para-hydroxylation sites is 1. The van der Waals surface area contributed by atoms with Crippen molar-refractivity contribution in [3.05, 3.63) is 52.9 Å². The monoisotopic (exact) mass is 377 g/mol. The molecule has 2 N–H and O–H groups in total. The van der Waals surface area contributed by atoms with E-state index in [1.165, 1.54) is 0 Å². The molecule has 0 aliphatic carbocycles. The number of hydrogen-bond donors (Lipinski definition) is 1. The number of fused-ring (bicyclic) bond motifs is 3. The highest BCUT2D eigenvalue weighted by Gasteiger charge is 2.16. The van der Waals surface area contributed by atoms with E-state index in [2.05, 4.69) is 9.97 Å². The van der Waals surface area contributed by atoms with Gasteiger partial charge in [0, 0.05) is 10.9 Å². The van der Waals surface area contributed by atoms with Crippen molar-refractivity contribution in [1.82, 2.24) is 9.97 Å². The van der Waals surface area contributed by atoms with Crippen LogP contribution in [0, 0.1) is 0 Å². The Kier molecular flexibility index (Phi) is 4.57. The van der Waals surface area contributed by atoms with Gasteiger partial charge in [-0.2, -0.15) is 0 Å². The summed E-state index contributed by atoms with van der Waals surface area (Å²) in [7, 11) is 0. The second-order valence-corrected chi connectivity index (χ2v) is 6.07. The molecule has 0 saturated carbocycles. The van der Waals surface area contributed by atoms with Crippen molar-refractivity contribution in [2.45, 2.75) is 13.8 Å². The Morgan fingerprint density at radius 2 is 1.75 bits per heavy atom. The van der Waals surface area contributed by atoms with Crippen LogP contribution in [0.25, 0.3) is 33.3 Å². The Morgan fingerprint density at radius 1 is 1.00 bits per heavy atom. The normalized spacial score (nSPS) is 11.1. The van der Waals surface area contributed by atoms with Gasteiger partial charge in [-0.05, 0) is 44.2 Å². The largest absolute Gasteiger partial charge is 0.490 e. The van der Waals surface area contributed by atoms with Crippen LogP contribution in [0.1, 0.15) is 13.8 Å². The van der Waals surface area contributed by atoms with E-state index in [0.29, 0.717) is 52.6 Å². The molecule has 0 saturated heterocycles. The van der Waals surface area contributed by atoms with Crippen molar-refractivity contribution < 1.29 is 13.9 Å². The summed E-state index contributed by atoms with van der Waals surface area (Å²) in [6, 6.07) is 12.7. The van der Waals surface area contributed by atoms with Gasteiger partial charge in [0.2, 0.25) is 0 Å². The fraction of sp³-hybridized carbons (Fsp3) is 0.190. The van der Waals surface area contributed by atoms with Gasteiger partial charge in [-0.15, -0.1) is 0 Å². The maximum atomic E-state index is 12.4. The first-order chi connectivity index (χ1) is 13.6. The van der Waals surface area contributed by atoms with Crippen LogP contribution in [0.5, 0.6) is 11.5 Å². The second-order valence-electron chi connectivity index (χ2n) is 6.07. The van der Waals surface area contributed by atoms with Crippen molar-refractivity contribution in [2.24, 2.45) is 0 Å². The molecule has 7 nitrogen and oxygen atoms in total. The summed E-state index contributed by atoms with van der Waals surface area (Å²) in [4.78, 5) is 21.3. The van der Waals surface area contributed by atoms with E-state index >= 15 is 0 Å². The molecule has 0 unspecified atom stereocenters. The highest BCUT2D eigenvalue weighted by molar-refractivity contribution is 6.05. The Balaban J connectivity index is 1.96. The van der Waals surface area contributed by atoms with Gasteiger partial charge < -0.3 is 19.6 Å². The highest BCUT2D eigenvalue weighted by Crippen LogP contribution is 2.33. The lowest BCUT2D eigenvalue weighted by molar-refractivity contribution is 0.288. The second kappa shape index (κ2) is 7.19. The third-order valence-corrected chi connectivity index (χ3v) is 4.29. The molecule has 0 aliphatic rings. The summed E-state index contributed by atoms with van der Waals surface area (Å²) < 4.78 is 16.6. The van der Waals surface area contributed by atoms with Gasteiger partial charge in [0.05, 0.1) is 18.7 Å². The summed E-state index contributed by atoms with van der Waals surface area (Å²) in [5.74, 6) is 1.71. The van der Waals surface area contributed by atoms with Crippen LogP contribution in [0.15, 0.2) is 51.7 Å². The molecule has 4 rings (SSSR count). The first-order valence-electron chi connectivity index (χ1n) is 9.01. The van der Waals surface area contributed by atoms with Crippen LogP contribution >= 0.6 is 0 Å². The lowest BCUT2D eigenvalue weighted by atomic mass is 10.1. The number of ether oxygens (including phenoxy) is 2. The van der Waals surface area contributed by atoms with Gasteiger partial charge in [-0.1, -0.05) is 12.1 Å². The lowest BCUT2D eigenvalue weighted by Crippen LogP contribution is -2.08. The molecule has 0 radical (unpaired) electrons. The summed E-state index contributed by atoms with van der Waals surface area (Å²) in [5, 5.41) is 0.877. The van der Waals surface area contributed by atoms with Gasteiger partial charge in [-0.25, -0.2) is 14.8 Å². The zero-order valence-electron chi connectivity index (χ0n) is 15.6. The molecule has 0 atom stereocenters. The minimum atomic E-state index is -0.556. The molecule has 7 heteroatoms. The van der Waals surface area contributed by atoms with Gasteiger partial charge >= 0.3 is 5.63 Å². The summed E-state index contributed by atoms with van der Waals surface area (Å²) in [6.07, 6.45) is 0. The molecule has 4 aromatic rings. The Labute approximate surface area is 160 Å².